The molecule has 0 amide bonds. The summed E-state index contributed by atoms with van der Waals surface area (Å²) in [7, 11) is 3.11. The number of methoxy groups -OCH3 is 2. The van der Waals surface area contributed by atoms with Crippen LogP contribution in [0.25, 0.3) is 0 Å². The molecule has 0 atom stereocenters. The lowest BCUT2D eigenvalue weighted by atomic mass is 10.2. The Morgan fingerprint density at radius 1 is 1.17 bits per heavy atom. The number of guanidine groups is 2. The Hall–Kier alpha value is -2.12. The number of hydrogen-bond acceptors (Lipinski definition) is 3. The van der Waals surface area contributed by atoms with Gasteiger partial charge < -0.3 is 26.7 Å². The number of hydrogen-bond donors (Lipinski definition) is 3. The van der Waals surface area contributed by atoms with Crippen LogP contribution in [0.4, 0.5) is 5.69 Å². The highest BCUT2D eigenvalue weighted by molar-refractivity contribution is 5.93. The van der Waals surface area contributed by atoms with Crippen LogP contribution in [0.2, 0.25) is 0 Å². The van der Waals surface area contributed by atoms with E-state index in [0.29, 0.717) is 5.69 Å². The molecule has 0 radical (unpaired) electrons. The maximum atomic E-state index is 5.54. The van der Waals surface area contributed by atoms with Crippen molar-refractivity contribution in [1.29, 1.82) is 0 Å². The van der Waals surface area contributed by atoms with Gasteiger partial charge >= 0.3 is 0 Å². The summed E-state index contributed by atoms with van der Waals surface area (Å²) in [4.78, 5) is 7.67. The van der Waals surface area contributed by atoms with Crippen LogP contribution in [0.5, 0.6) is 0 Å². The lowest BCUT2D eigenvalue weighted by Gasteiger charge is -2.13. The predicted octanol–water partition coefficient (Wildman–Crippen LogP) is 0.198. The van der Waals surface area contributed by atoms with Crippen molar-refractivity contribution in [3.8, 4) is 0 Å². The van der Waals surface area contributed by atoms with E-state index < -0.39 is 6.29 Å². The zero-order valence-electron chi connectivity index (χ0n) is 10.3. The van der Waals surface area contributed by atoms with E-state index in [2.05, 4.69) is 9.98 Å². The van der Waals surface area contributed by atoms with Gasteiger partial charge in [0.1, 0.15) is 0 Å². The lowest BCUT2D eigenvalue weighted by Crippen LogP contribution is -2.26. The molecule has 7 nitrogen and oxygen atoms in total. The van der Waals surface area contributed by atoms with Crippen LogP contribution in [0.1, 0.15) is 11.9 Å². The Kier molecular flexibility index (Phi) is 5.09. The monoisotopic (exact) mass is 251 g/mol. The Morgan fingerprint density at radius 3 is 2.39 bits per heavy atom. The van der Waals surface area contributed by atoms with E-state index in [0.717, 1.165) is 5.56 Å². The summed E-state index contributed by atoms with van der Waals surface area (Å²) < 4.78 is 10.3. The molecule has 0 aliphatic heterocycles. The first-order valence-electron chi connectivity index (χ1n) is 5.16. The summed E-state index contributed by atoms with van der Waals surface area (Å²) in [6.07, 6.45) is -0.454. The smallest absolute Gasteiger partial charge is 0.223 e. The summed E-state index contributed by atoms with van der Waals surface area (Å²) in [6.45, 7) is 0. The van der Waals surface area contributed by atoms with Gasteiger partial charge in [0.2, 0.25) is 5.96 Å². The average molecular weight is 251 g/mol. The zero-order valence-corrected chi connectivity index (χ0v) is 10.3. The van der Waals surface area contributed by atoms with Crippen LogP contribution in [0.3, 0.4) is 0 Å². The minimum atomic E-state index is -0.454. The molecule has 0 heterocycles. The summed E-state index contributed by atoms with van der Waals surface area (Å²) in [5, 5.41) is 0. The Balaban J connectivity index is 2.99. The van der Waals surface area contributed by atoms with Gasteiger partial charge in [-0.25, -0.2) is 4.99 Å². The summed E-state index contributed by atoms with van der Waals surface area (Å²) in [5.74, 6) is -0.155. The van der Waals surface area contributed by atoms with Gasteiger partial charge in [-0.1, -0.05) is 12.1 Å². The van der Waals surface area contributed by atoms with Crippen molar-refractivity contribution >= 4 is 17.6 Å². The molecule has 0 saturated carbocycles. The first-order valence-corrected chi connectivity index (χ1v) is 5.16. The number of benzene rings is 1. The van der Waals surface area contributed by atoms with E-state index in [1.165, 1.54) is 0 Å². The Morgan fingerprint density at radius 2 is 1.83 bits per heavy atom. The standard InChI is InChI=1S/C11H17N5O2/c1-17-9(18-2)7-4-3-5-8(6-7)15-11(14)16-10(12)13/h3-6,9H,1-2H3,(H6,12,13,14,15,16). The van der Waals surface area contributed by atoms with Crippen molar-refractivity contribution in [3.63, 3.8) is 0 Å². The molecule has 0 aromatic heterocycles. The quantitative estimate of drug-likeness (QED) is 0.401. The first kappa shape index (κ1) is 13.9. The molecule has 1 aromatic rings. The van der Waals surface area contributed by atoms with Crippen molar-refractivity contribution in [2.75, 3.05) is 14.2 Å². The topological polar surface area (TPSA) is 121 Å². The second kappa shape index (κ2) is 6.58. The fourth-order valence-electron chi connectivity index (χ4n) is 1.40. The van der Waals surface area contributed by atoms with Gasteiger partial charge in [0.25, 0.3) is 0 Å². The molecule has 0 saturated heterocycles. The highest BCUT2D eigenvalue weighted by Gasteiger charge is 2.08. The molecular weight excluding hydrogens is 234 g/mol. The van der Waals surface area contributed by atoms with Gasteiger partial charge in [-0.05, 0) is 12.1 Å². The van der Waals surface area contributed by atoms with Crippen molar-refractivity contribution in [2.45, 2.75) is 6.29 Å². The highest BCUT2D eigenvalue weighted by Crippen LogP contribution is 2.22. The number of rotatable bonds is 4. The van der Waals surface area contributed by atoms with E-state index >= 15 is 0 Å². The molecule has 98 valence electrons. The maximum Gasteiger partial charge on any atom is 0.223 e. The molecular formula is C11H17N5O2. The maximum absolute atomic E-state index is 5.54. The van der Waals surface area contributed by atoms with Crippen molar-refractivity contribution in [1.82, 2.24) is 0 Å². The fourth-order valence-corrected chi connectivity index (χ4v) is 1.40. The van der Waals surface area contributed by atoms with Gasteiger partial charge in [0, 0.05) is 19.8 Å². The number of aliphatic imine (C=N–C) groups is 2. The number of nitrogens with zero attached hydrogens (tertiary/aromatic N) is 2. The van der Waals surface area contributed by atoms with E-state index in [-0.39, 0.29) is 11.9 Å². The third-order valence-electron chi connectivity index (χ3n) is 2.06. The van der Waals surface area contributed by atoms with E-state index in [4.69, 9.17) is 26.7 Å². The van der Waals surface area contributed by atoms with Crippen LogP contribution in [0.15, 0.2) is 34.3 Å². The molecule has 7 heteroatoms. The third kappa shape index (κ3) is 4.04. The summed E-state index contributed by atoms with van der Waals surface area (Å²) in [5.41, 5.74) is 17.4. The molecule has 0 aliphatic rings. The predicted molar refractivity (Wildman–Crippen MR) is 70.3 cm³/mol. The van der Waals surface area contributed by atoms with Gasteiger partial charge in [0.05, 0.1) is 5.69 Å². The first-order chi connectivity index (χ1) is 8.56. The Bertz CT molecular complexity index is 451. The molecule has 1 aromatic carbocycles. The summed E-state index contributed by atoms with van der Waals surface area (Å²) >= 11 is 0. The van der Waals surface area contributed by atoms with E-state index in [1.54, 1.807) is 26.4 Å². The molecule has 1 rings (SSSR count). The molecule has 6 N–H and O–H groups in total. The van der Waals surface area contributed by atoms with Crippen molar-refractivity contribution in [3.05, 3.63) is 29.8 Å². The number of ether oxygens (including phenoxy) is 2. The fraction of sp³-hybridized carbons (Fsp3) is 0.273. The average Bonchev–Trinajstić information content (AvgIpc) is 2.29. The lowest BCUT2D eigenvalue weighted by molar-refractivity contribution is -0.105. The highest BCUT2D eigenvalue weighted by atomic mass is 16.7. The van der Waals surface area contributed by atoms with Crippen LogP contribution in [-0.2, 0) is 9.47 Å². The molecule has 0 unspecified atom stereocenters. The normalized spacial score (nSPS) is 11.6. The van der Waals surface area contributed by atoms with E-state index in [1.807, 2.05) is 12.1 Å². The molecule has 0 spiro atoms. The van der Waals surface area contributed by atoms with Crippen molar-refractivity contribution in [2.24, 2.45) is 27.2 Å². The zero-order chi connectivity index (χ0) is 13.5. The molecule has 0 aliphatic carbocycles. The molecule has 18 heavy (non-hydrogen) atoms. The largest absolute Gasteiger partial charge is 0.370 e. The van der Waals surface area contributed by atoms with Crippen LogP contribution in [0, 0.1) is 0 Å². The van der Waals surface area contributed by atoms with Gasteiger partial charge in [0.15, 0.2) is 12.2 Å². The van der Waals surface area contributed by atoms with Crippen LogP contribution < -0.4 is 17.2 Å². The second-order valence-electron chi connectivity index (χ2n) is 3.40. The molecule has 0 fully saturated rings. The third-order valence-corrected chi connectivity index (χ3v) is 2.06. The van der Waals surface area contributed by atoms with Gasteiger partial charge in [-0.15, -0.1) is 0 Å². The Labute approximate surface area is 105 Å². The minimum absolute atomic E-state index is 0.0152. The van der Waals surface area contributed by atoms with Gasteiger partial charge in [-0.2, -0.15) is 4.99 Å². The van der Waals surface area contributed by atoms with Gasteiger partial charge in [-0.3, -0.25) is 0 Å². The summed E-state index contributed by atoms with van der Waals surface area (Å²) in [6, 6.07) is 7.20. The molecule has 0 bridgehead atoms. The van der Waals surface area contributed by atoms with Crippen molar-refractivity contribution < 1.29 is 9.47 Å². The minimum Gasteiger partial charge on any atom is -0.370 e. The van der Waals surface area contributed by atoms with Crippen LogP contribution in [-0.4, -0.2) is 26.1 Å². The van der Waals surface area contributed by atoms with Crippen LogP contribution >= 0.6 is 0 Å². The number of nitrogens with two attached hydrogens (primary N) is 3. The van der Waals surface area contributed by atoms with E-state index in [9.17, 15) is 0 Å². The second-order valence-corrected chi connectivity index (χ2v) is 3.40. The SMILES string of the molecule is COC(OC)c1cccc(N=C(N)N=C(N)N)c1.